The second-order valence-electron chi connectivity index (χ2n) is 9.46. The van der Waals surface area contributed by atoms with E-state index >= 15 is 0 Å². The van der Waals surface area contributed by atoms with Crippen molar-refractivity contribution in [2.24, 2.45) is 5.41 Å². The molecule has 184 valence electrons. The van der Waals surface area contributed by atoms with E-state index in [1.165, 1.54) is 23.7 Å². The summed E-state index contributed by atoms with van der Waals surface area (Å²) >= 11 is 1.34. The number of pyridine rings is 2. The van der Waals surface area contributed by atoms with Gasteiger partial charge in [0.2, 0.25) is 5.91 Å². The van der Waals surface area contributed by atoms with E-state index in [2.05, 4.69) is 44.4 Å². The molecule has 10 nitrogen and oxygen atoms in total. The molecule has 1 fully saturated rings. The number of likely N-dealkylation sites (tertiary alicyclic amines) is 1. The summed E-state index contributed by atoms with van der Waals surface area (Å²) < 4.78 is 1.60. The number of aryl methyl sites for hydroxylation is 1. The highest BCUT2D eigenvalue weighted by molar-refractivity contribution is 7.21. The quantitative estimate of drug-likeness (QED) is 0.371. The minimum atomic E-state index is -0.344. The summed E-state index contributed by atoms with van der Waals surface area (Å²) in [6.45, 7) is 8.23. The van der Waals surface area contributed by atoms with Crippen LogP contribution in [0.3, 0.4) is 0 Å². The highest BCUT2D eigenvalue weighted by Gasteiger charge is 2.34. The van der Waals surface area contributed by atoms with Crippen molar-refractivity contribution in [1.82, 2.24) is 24.5 Å². The molecule has 0 unspecified atom stereocenters. The Labute approximate surface area is 208 Å². The molecule has 0 bridgehead atoms. The van der Waals surface area contributed by atoms with E-state index in [0.717, 1.165) is 18.0 Å². The van der Waals surface area contributed by atoms with Crippen molar-refractivity contribution in [1.29, 1.82) is 0 Å². The summed E-state index contributed by atoms with van der Waals surface area (Å²) in [6, 6.07) is 3.41. The Balaban J connectivity index is 0.00000190. The SMILES string of the molecule is Cc1ncc(NC(=O)CN2CC(C)(C)C2)cc1NC(=O)c1cnn2cc(-c3ccncc3O)sc12.[HH].[HH]. The van der Waals surface area contributed by atoms with Crippen molar-refractivity contribution < 1.29 is 17.5 Å². The minimum Gasteiger partial charge on any atom is -0.506 e. The molecule has 1 saturated heterocycles. The Bertz CT molecular complexity index is 1450. The number of thiazole rings is 1. The molecular weight excluding hydrogens is 466 g/mol. The third-order valence-corrected chi connectivity index (χ3v) is 6.94. The number of carbonyl (C=O) groups is 2. The van der Waals surface area contributed by atoms with Gasteiger partial charge >= 0.3 is 0 Å². The van der Waals surface area contributed by atoms with Gasteiger partial charge in [0.15, 0.2) is 0 Å². The number of rotatable bonds is 6. The zero-order valence-electron chi connectivity index (χ0n) is 19.6. The number of carbonyl (C=O) groups excluding carboxylic acids is 2. The van der Waals surface area contributed by atoms with Gasteiger partial charge in [-0.15, -0.1) is 11.3 Å². The normalized spacial score (nSPS) is 15.1. The van der Waals surface area contributed by atoms with Crippen LogP contribution in [-0.4, -0.2) is 61.0 Å². The third kappa shape index (κ3) is 4.73. The molecule has 0 saturated carbocycles. The highest BCUT2D eigenvalue weighted by Crippen LogP contribution is 2.35. The fourth-order valence-corrected chi connectivity index (χ4v) is 5.35. The van der Waals surface area contributed by atoms with Gasteiger partial charge in [0.05, 0.1) is 52.6 Å². The van der Waals surface area contributed by atoms with Crippen molar-refractivity contribution in [2.45, 2.75) is 20.8 Å². The van der Waals surface area contributed by atoms with Crippen molar-refractivity contribution in [3.8, 4) is 16.2 Å². The van der Waals surface area contributed by atoms with Gasteiger partial charge in [-0.1, -0.05) is 13.8 Å². The van der Waals surface area contributed by atoms with Crippen LogP contribution in [0.5, 0.6) is 5.75 Å². The largest absolute Gasteiger partial charge is 0.506 e. The van der Waals surface area contributed by atoms with E-state index in [9.17, 15) is 14.7 Å². The zero-order valence-corrected chi connectivity index (χ0v) is 20.4. The molecule has 0 radical (unpaired) electrons. The summed E-state index contributed by atoms with van der Waals surface area (Å²) in [7, 11) is 0. The van der Waals surface area contributed by atoms with Crippen molar-refractivity contribution in [3.05, 3.63) is 54.4 Å². The van der Waals surface area contributed by atoms with Gasteiger partial charge < -0.3 is 15.7 Å². The number of anilines is 2. The van der Waals surface area contributed by atoms with Gasteiger partial charge in [-0.2, -0.15) is 5.10 Å². The molecule has 3 N–H and O–H groups in total. The number of hydrogen-bond acceptors (Lipinski definition) is 8. The molecule has 5 heterocycles. The number of aromatic nitrogens is 4. The fourth-order valence-electron chi connectivity index (χ4n) is 4.26. The first-order chi connectivity index (χ1) is 16.7. The van der Waals surface area contributed by atoms with E-state index in [-0.39, 0.29) is 25.8 Å². The molecule has 11 heteroatoms. The van der Waals surface area contributed by atoms with Gasteiger partial charge in [0.1, 0.15) is 10.6 Å². The lowest BCUT2D eigenvalue weighted by atomic mass is 9.84. The number of nitrogens with zero attached hydrogens (tertiary/aromatic N) is 5. The summed E-state index contributed by atoms with van der Waals surface area (Å²) in [4.78, 5) is 37.2. The second kappa shape index (κ2) is 8.75. The van der Waals surface area contributed by atoms with Gasteiger partial charge in [0.25, 0.3) is 5.91 Å². The third-order valence-electron chi connectivity index (χ3n) is 5.80. The standard InChI is InChI=1S/C24H25N7O3S.2H2/c1-14-18(6-15(7-26-14)28-21(33)11-30-12-24(2,3)13-30)29-22(34)17-8-27-31-10-20(35-23(17)31)16-4-5-25-9-19(16)32;;/h4-10,32H,11-13H2,1-3H3,(H,28,33)(H,29,34);2*1H. The van der Waals surface area contributed by atoms with E-state index < -0.39 is 0 Å². The van der Waals surface area contributed by atoms with Gasteiger partial charge in [-0.25, -0.2) is 4.52 Å². The Kier molecular flexibility index (Phi) is 5.73. The average molecular weight is 496 g/mol. The average Bonchev–Trinajstić information content (AvgIpc) is 3.36. The lowest BCUT2D eigenvalue weighted by Gasteiger charge is -2.45. The first-order valence-corrected chi connectivity index (χ1v) is 11.9. The lowest BCUT2D eigenvalue weighted by Crippen LogP contribution is -2.54. The summed E-state index contributed by atoms with van der Waals surface area (Å²) in [5.41, 5.74) is 2.90. The first-order valence-electron chi connectivity index (χ1n) is 11.1. The maximum absolute atomic E-state index is 13.1. The Morgan fingerprint density at radius 1 is 1.23 bits per heavy atom. The fraction of sp³-hybridized carbons (Fsp3) is 0.292. The predicted molar refractivity (Wildman–Crippen MR) is 138 cm³/mol. The number of aromatic hydroxyl groups is 1. The maximum atomic E-state index is 13.1. The number of nitrogens with one attached hydrogen (secondary N) is 2. The summed E-state index contributed by atoms with van der Waals surface area (Å²) in [6.07, 6.45) is 7.80. The molecule has 0 aromatic carbocycles. The van der Waals surface area contributed by atoms with Crippen molar-refractivity contribution in [3.63, 3.8) is 0 Å². The summed E-state index contributed by atoms with van der Waals surface area (Å²) in [5.74, 6) is -0.405. The van der Waals surface area contributed by atoms with Gasteiger partial charge in [0, 0.05) is 33.9 Å². The molecule has 0 atom stereocenters. The predicted octanol–water partition coefficient (Wildman–Crippen LogP) is 3.89. The smallest absolute Gasteiger partial charge is 0.260 e. The second-order valence-corrected chi connectivity index (χ2v) is 10.5. The Morgan fingerprint density at radius 3 is 2.77 bits per heavy atom. The highest BCUT2D eigenvalue weighted by atomic mass is 32.1. The van der Waals surface area contributed by atoms with E-state index in [1.54, 1.807) is 42.2 Å². The molecule has 4 aromatic rings. The van der Waals surface area contributed by atoms with Gasteiger partial charge in [-0.05, 0) is 24.5 Å². The number of fused-ring (bicyclic) bond motifs is 1. The molecule has 4 aromatic heterocycles. The molecule has 2 amide bonds. The number of amides is 2. The molecule has 0 spiro atoms. The topological polar surface area (TPSA) is 125 Å². The van der Waals surface area contributed by atoms with Crippen LogP contribution in [0, 0.1) is 12.3 Å². The molecule has 0 aliphatic carbocycles. The number of hydrogen-bond donors (Lipinski definition) is 3. The van der Waals surface area contributed by atoms with Crippen LogP contribution in [0.15, 0.2) is 43.1 Å². The molecular formula is C24H29N7O3S. The van der Waals surface area contributed by atoms with Crippen LogP contribution in [0.1, 0.15) is 32.8 Å². The van der Waals surface area contributed by atoms with Crippen LogP contribution >= 0.6 is 11.3 Å². The maximum Gasteiger partial charge on any atom is 0.260 e. The molecule has 5 rings (SSSR count). The van der Waals surface area contributed by atoms with Crippen LogP contribution in [0.25, 0.3) is 15.3 Å². The minimum absolute atomic E-state index is 0. The van der Waals surface area contributed by atoms with E-state index in [1.807, 2.05) is 0 Å². The van der Waals surface area contributed by atoms with Crippen molar-refractivity contribution >= 4 is 39.4 Å². The molecule has 1 aliphatic heterocycles. The Morgan fingerprint density at radius 2 is 2.03 bits per heavy atom. The molecule has 1 aliphatic rings. The van der Waals surface area contributed by atoms with Gasteiger partial charge in [-0.3, -0.25) is 24.5 Å². The van der Waals surface area contributed by atoms with E-state index in [4.69, 9.17) is 0 Å². The first kappa shape index (κ1) is 22.9. The molecule has 35 heavy (non-hydrogen) atoms. The lowest BCUT2D eigenvalue weighted by molar-refractivity contribution is -0.120. The monoisotopic (exact) mass is 495 g/mol. The summed E-state index contributed by atoms with van der Waals surface area (Å²) in [5, 5.41) is 20.1. The van der Waals surface area contributed by atoms with E-state index in [0.29, 0.717) is 39.6 Å². The van der Waals surface area contributed by atoms with Crippen LogP contribution in [0.2, 0.25) is 0 Å². The van der Waals surface area contributed by atoms with Crippen molar-refractivity contribution in [2.75, 3.05) is 30.3 Å². The zero-order chi connectivity index (χ0) is 24.7. The van der Waals surface area contributed by atoms with Crippen LogP contribution < -0.4 is 10.6 Å². The van der Waals surface area contributed by atoms with Crippen LogP contribution in [0.4, 0.5) is 11.4 Å². The Hall–Kier alpha value is -3.83. The van der Waals surface area contributed by atoms with Crippen LogP contribution in [-0.2, 0) is 4.79 Å².